The fraction of sp³-hybridized carbons (Fsp3) is 0.333. The normalized spacial score (nSPS) is 14.6. The molecule has 5 rings (SSSR count). The van der Waals surface area contributed by atoms with Gasteiger partial charge in [-0.2, -0.15) is 0 Å². The predicted octanol–water partition coefficient (Wildman–Crippen LogP) is 2.60. The van der Waals surface area contributed by atoms with Crippen LogP contribution < -0.4 is 10.2 Å². The zero-order chi connectivity index (χ0) is 23.7. The predicted molar refractivity (Wildman–Crippen MR) is 131 cm³/mol. The van der Waals surface area contributed by atoms with E-state index in [1.54, 1.807) is 35.4 Å². The van der Waals surface area contributed by atoms with E-state index >= 15 is 0 Å². The zero-order valence-electron chi connectivity index (χ0n) is 19.5. The average Bonchev–Trinajstić information content (AvgIpc) is 3.30. The first kappa shape index (κ1) is 21.9. The third-order valence-corrected chi connectivity index (χ3v) is 6.09. The second kappa shape index (κ2) is 9.14. The van der Waals surface area contributed by atoms with Crippen LogP contribution in [0.3, 0.4) is 0 Å². The number of hydrogen-bond donors (Lipinski definition) is 1. The Bertz CT molecular complexity index is 1310. The van der Waals surface area contributed by atoms with Gasteiger partial charge in [-0.05, 0) is 38.1 Å². The van der Waals surface area contributed by atoms with Crippen molar-refractivity contribution >= 4 is 28.4 Å². The Labute approximate surface area is 197 Å². The van der Waals surface area contributed by atoms with Crippen molar-refractivity contribution in [3.05, 3.63) is 54.6 Å². The minimum absolute atomic E-state index is 0.240. The fourth-order valence-corrected chi connectivity index (χ4v) is 4.18. The summed E-state index contributed by atoms with van der Waals surface area (Å²) in [4.78, 5) is 30.7. The molecule has 0 unspecified atom stereocenters. The first-order valence-corrected chi connectivity index (χ1v) is 11.4. The van der Waals surface area contributed by atoms with Gasteiger partial charge in [-0.25, -0.2) is 9.97 Å². The number of anilines is 2. The van der Waals surface area contributed by atoms with Crippen LogP contribution in [0.25, 0.3) is 22.2 Å². The van der Waals surface area contributed by atoms with Gasteiger partial charge < -0.3 is 10.2 Å². The number of hydrogen-bond acceptors (Lipinski definition) is 8. The molecule has 1 fully saturated rings. The van der Waals surface area contributed by atoms with Crippen LogP contribution in [-0.2, 0) is 7.05 Å². The average molecular weight is 458 g/mol. The third kappa shape index (κ3) is 4.44. The topological polar surface area (TPSA) is 105 Å². The monoisotopic (exact) mass is 457 g/mol. The number of piperazine rings is 1. The van der Waals surface area contributed by atoms with E-state index in [2.05, 4.69) is 55.3 Å². The highest BCUT2D eigenvalue weighted by atomic mass is 16.1. The summed E-state index contributed by atoms with van der Waals surface area (Å²) in [6.45, 7) is 8.19. The van der Waals surface area contributed by atoms with E-state index in [1.165, 1.54) is 0 Å². The van der Waals surface area contributed by atoms with Gasteiger partial charge in [-0.3, -0.25) is 19.4 Å². The van der Waals surface area contributed by atoms with Crippen LogP contribution in [0.15, 0.2) is 49.1 Å². The van der Waals surface area contributed by atoms with Gasteiger partial charge in [0.15, 0.2) is 0 Å². The maximum Gasteiger partial charge on any atom is 0.256 e. The lowest BCUT2D eigenvalue weighted by Gasteiger charge is -2.38. The lowest BCUT2D eigenvalue weighted by Crippen LogP contribution is -2.49. The van der Waals surface area contributed by atoms with Gasteiger partial charge in [0.25, 0.3) is 5.91 Å². The molecule has 1 saturated heterocycles. The summed E-state index contributed by atoms with van der Waals surface area (Å²) in [6, 6.07) is 7.74. The molecule has 10 heteroatoms. The number of aromatic nitrogens is 6. The van der Waals surface area contributed by atoms with E-state index in [-0.39, 0.29) is 5.91 Å². The Hall–Kier alpha value is -3.92. The summed E-state index contributed by atoms with van der Waals surface area (Å²) in [5, 5.41) is 12.2. The minimum atomic E-state index is -0.240. The number of rotatable bonds is 5. The molecule has 0 aromatic carbocycles. The van der Waals surface area contributed by atoms with Crippen molar-refractivity contribution in [3.8, 4) is 11.3 Å². The van der Waals surface area contributed by atoms with Gasteiger partial charge in [0.05, 0.1) is 17.9 Å². The van der Waals surface area contributed by atoms with Crippen molar-refractivity contribution in [2.45, 2.75) is 19.9 Å². The maximum absolute atomic E-state index is 12.6. The van der Waals surface area contributed by atoms with E-state index in [4.69, 9.17) is 4.98 Å². The third-order valence-electron chi connectivity index (χ3n) is 6.09. The van der Waals surface area contributed by atoms with Crippen LogP contribution in [0.5, 0.6) is 0 Å². The van der Waals surface area contributed by atoms with Gasteiger partial charge in [-0.1, -0.05) is 5.21 Å². The van der Waals surface area contributed by atoms with Crippen molar-refractivity contribution < 1.29 is 4.79 Å². The number of nitrogens with zero attached hydrogens (tertiary/aromatic N) is 8. The van der Waals surface area contributed by atoms with Crippen molar-refractivity contribution in [1.29, 1.82) is 0 Å². The number of pyridine rings is 3. The SMILES string of the molecule is CC(C)N1CCN(c2nc3cnc(NC(=O)c4ccncc4)cc3cc2-c2cn(C)nn2)CC1. The van der Waals surface area contributed by atoms with Crippen LogP contribution in [-0.4, -0.2) is 73.0 Å². The highest BCUT2D eigenvalue weighted by Gasteiger charge is 2.24. The molecule has 0 bridgehead atoms. The molecule has 0 saturated carbocycles. The first-order chi connectivity index (χ1) is 16.5. The van der Waals surface area contributed by atoms with Gasteiger partial charge in [-0.15, -0.1) is 5.10 Å². The van der Waals surface area contributed by atoms with Crippen LogP contribution in [0.2, 0.25) is 0 Å². The molecule has 0 radical (unpaired) electrons. The summed E-state index contributed by atoms with van der Waals surface area (Å²) < 4.78 is 1.69. The van der Waals surface area contributed by atoms with Gasteiger partial charge in [0, 0.05) is 68.2 Å². The highest BCUT2D eigenvalue weighted by Crippen LogP contribution is 2.32. The molecule has 4 aromatic heterocycles. The largest absolute Gasteiger partial charge is 0.353 e. The number of fused-ring (bicyclic) bond motifs is 1. The van der Waals surface area contributed by atoms with Gasteiger partial charge in [0.1, 0.15) is 17.3 Å². The Balaban J connectivity index is 1.50. The molecule has 1 aliphatic heterocycles. The van der Waals surface area contributed by atoms with E-state index in [0.29, 0.717) is 17.4 Å². The summed E-state index contributed by atoms with van der Waals surface area (Å²) in [5.41, 5.74) is 2.95. The van der Waals surface area contributed by atoms with Gasteiger partial charge in [0.2, 0.25) is 0 Å². The number of amides is 1. The molecule has 34 heavy (non-hydrogen) atoms. The van der Waals surface area contributed by atoms with Crippen LogP contribution >= 0.6 is 0 Å². The molecule has 5 heterocycles. The molecule has 4 aromatic rings. The van der Waals surface area contributed by atoms with Crippen LogP contribution in [0.4, 0.5) is 11.6 Å². The molecular weight excluding hydrogens is 430 g/mol. The summed E-state index contributed by atoms with van der Waals surface area (Å²) in [5.74, 6) is 1.10. The molecule has 1 aliphatic rings. The fourth-order valence-electron chi connectivity index (χ4n) is 4.18. The lowest BCUT2D eigenvalue weighted by atomic mass is 10.1. The Morgan fingerprint density at radius 3 is 2.53 bits per heavy atom. The van der Waals surface area contributed by atoms with Crippen molar-refractivity contribution in [1.82, 2.24) is 34.8 Å². The van der Waals surface area contributed by atoms with Crippen LogP contribution in [0.1, 0.15) is 24.2 Å². The molecule has 1 N–H and O–H groups in total. The molecule has 0 atom stereocenters. The maximum atomic E-state index is 12.6. The number of nitrogens with one attached hydrogen (secondary N) is 1. The standard InChI is InChI=1S/C24H27N9O/c1-16(2)32-8-10-33(11-9-32)23-19(21-15-31(3)30-29-21)12-18-13-22(26-14-20(18)27-23)28-24(34)17-4-6-25-7-5-17/h4-7,12-16H,8-11H2,1-3H3,(H,26,28,34). The van der Waals surface area contributed by atoms with Gasteiger partial charge >= 0.3 is 0 Å². The second-order valence-corrected chi connectivity index (χ2v) is 8.71. The molecule has 10 nitrogen and oxygen atoms in total. The molecule has 0 aliphatic carbocycles. The summed E-state index contributed by atoms with van der Waals surface area (Å²) >= 11 is 0. The van der Waals surface area contributed by atoms with Crippen molar-refractivity contribution in [2.24, 2.45) is 7.05 Å². The zero-order valence-corrected chi connectivity index (χ0v) is 19.5. The molecule has 0 spiro atoms. The summed E-state index contributed by atoms with van der Waals surface area (Å²) in [6.07, 6.45) is 6.76. The van der Waals surface area contributed by atoms with Crippen LogP contribution in [0, 0.1) is 0 Å². The van der Waals surface area contributed by atoms with Crippen molar-refractivity contribution in [2.75, 3.05) is 36.4 Å². The smallest absolute Gasteiger partial charge is 0.256 e. The minimum Gasteiger partial charge on any atom is -0.353 e. The quantitative estimate of drug-likeness (QED) is 0.488. The molecular formula is C24H27N9O. The molecule has 174 valence electrons. The number of carbonyl (C=O) groups excluding carboxylic acids is 1. The Kier molecular flexibility index (Phi) is 5.89. The van der Waals surface area contributed by atoms with E-state index in [0.717, 1.165) is 54.2 Å². The van der Waals surface area contributed by atoms with E-state index in [1.807, 2.05) is 19.3 Å². The Morgan fingerprint density at radius 2 is 1.85 bits per heavy atom. The van der Waals surface area contributed by atoms with Crippen molar-refractivity contribution in [3.63, 3.8) is 0 Å². The lowest BCUT2D eigenvalue weighted by molar-refractivity contribution is 0.102. The number of carbonyl (C=O) groups is 1. The first-order valence-electron chi connectivity index (χ1n) is 11.4. The second-order valence-electron chi connectivity index (χ2n) is 8.71. The van der Waals surface area contributed by atoms with E-state index in [9.17, 15) is 4.79 Å². The highest BCUT2D eigenvalue weighted by molar-refractivity contribution is 6.04. The van der Waals surface area contributed by atoms with E-state index < -0.39 is 0 Å². The number of aryl methyl sites for hydroxylation is 1. The molecule has 1 amide bonds. The Morgan fingerprint density at radius 1 is 1.09 bits per heavy atom. The summed E-state index contributed by atoms with van der Waals surface area (Å²) in [7, 11) is 1.85.